The normalized spacial score (nSPS) is 23.4. The first-order chi connectivity index (χ1) is 13.0. The average molecular weight is 360 g/mol. The van der Waals surface area contributed by atoms with Gasteiger partial charge < -0.3 is 5.32 Å². The molecule has 2 bridgehead atoms. The van der Waals surface area contributed by atoms with Gasteiger partial charge in [-0.05, 0) is 62.1 Å². The molecule has 0 aliphatic heterocycles. The van der Waals surface area contributed by atoms with Crippen LogP contribution in [0.4, 0.5) is 0 Å². The summed E-state index contributed by atoms with van der Waals surface area (Å²) < 4.78 is 1.77. The highest BCUT2D eigenvalue weighted by Crippen LogP contribution is 2.51. The van der Waals surface area contributed by atoms with Crippen molar-refractivity contribution in [1.29, 1.82) is 0 Å². The molecule has 2 heterocycles. The second-order valence-electron chi connectivity index (χ2n) is 8.05. The first-order valence-corrected chi connectivity index (χ1v) is 9.73. The van der Waals surface area contributed by atoms with Gasteiger partial charge in [-0.15, -0.1) is 0 Å². The summed E-state index contributed by atoms with van der Waals surface area (Å²) in [4.78, 5) is 17.8. The third-order valence-corrected chi connectivity index (χ3v) is 6.44. The lowest BCUT2D eigenvalue weighted by Gasteiger charge is -2.32. The lowest BCUT2D eigenvalue weighted by molar-refractivity contribution is 0.0918. The zero-order chi connectivity index (χ0) is 18.7. The Morgan fingerprint density at radius 3 is 2.74 bits per heavy atom. The van der Waals surface area contributed by atoms with E-state index in [0.29, 0.717) is 17.4 Å². The minimum absolute atomic E-state index is 0.0321. The highest BCUT2D eigenvalue weighted by Gasteiger charge is 2.40. The molecule has 3 aromatic rings. The Kier molecular flexibility index (Phi) is 3.61. The Balaban J connectivity index is 1.52. The summed E-state index contributed by atoms with van der Waals surface area (Å²) >= 11 is 0. The molecule has 5 nitrogen and oxygen atoms in total. The zero-order valence-corrected chi connectivity index (χ0v) is 16.0. The van der Waals surface area contributed by atoms with Crippen LogP contribution in [0.1, 0.15) is 64.1 Å². The van der Waals surface area contributed by atoms with E-state index in [4.69, 9.17) is 0 Å². The predicted molar refractivity (Wildman–Crippen MR) is 105 cm³/mol. The van der Waals surface area contributed by atoms with Crippen molar-refractivity contribution in [1.82, 2.24) is 20.1 Å². The van der Waals surface area contributed by atoms with Crippen LogP contribution >= 0.6 is 0 Å². The third-order valence-electron chi connectivity index (χ3n) is 6.44. The van der Waals surface area contributed by atoms with Gasteiger partial charge in [-0.2, -0.15) is 5.10 Å². The summed E-state index contributed by atoms with van der Waals surface area (Å²) in [5, 5.41) is 8.72. The van der Waals surface area contributed by atoms with Gasteiger partial charge in [-0.3, -0.25) is 9.48 Å². The van der Waals surface area contributed by atoms with Crippen molar-refractivity contribution in [3.05, 3.63) is 58.4 Å². The summed E-state index contributed by atoms with van der Waals surface area (Å²) in [6, 6.07) is 10.7. The molecule has 1 saturated carbocycles. The number of hydrogen-bond acceptors (Lipinski definition) is 3. The molecule has 2 aliphatic rings. The number of amides is 1. The smallest absolute Gasteiger partial charge is 0.253 e. The molecule has 2 aromatic heterocycles. The molecule has 1 N–H and O–H groups in total. The molecule has 1 aromatic carbocycles. The molecule has 1 amide bonds. The fraction of sp³-hybridized carbons (Fsp3) is 0.409. The number of aryl methyl sites for hydroxylation is 3. The van der Waals surface area contributed by atoms with Crippen molar-refractivity contribution in [3.63, 3.8) is 0 Å². The van der Waals surface area contributed by atoms with E-state index in [9.17, 15) is 4.79 Å². The fourth-order valence-electron chi connectivity index (χ4n) is 5.10. The van der Waals surface area contributed by atoms with Crippen molar-refractivity contribution < 1.29 is 4.79 Å². The van der Waals surface area contributed by atoms with E-state index in [1.807, 2.05) is 27.0 Å². The maximum atomic E-state index is 13.2. The number of pyridine rings is 1. The molecule has 3 unspecified atom stereocenters. The number of hydrogen-bond donors (Lipinski definition) is 1. The summed E-state index contributed by atoms with van der Waals surface area (Å²) in [6.07, 6.45) is 3.59. The number of fused-ring (bicyclic) bond motifs is 5. The maximum Gasteiger partial charge on any atom is 0.253 e. The minimum atomic E-state index is -0.0321. The first-order valence-electron chi connectivity index (χ1n) is 9.73. The SMILES string of the molecule is Cc1nc2c(cc1C(=O)NC1c3ccccc3C3CCC1C3)c(C)nn2C. The molecule has 0 spiro atoms. The van der Waals surface area contributed by atoms with E-state index >= 15 is 0 Å². The van der Waals surface area contributed by atoms with Crippen LogP contribution in [0.2, 0.25) is 0 Å². The molecule has 27 heavy (non-hydrogen) atoms. The highest BCUT2D eigenvalue weighted by atomic mass is 16.1. The van der Waals surface area contributed by atoms with Gasteiger partial charge >= 0.3 is 0 Å². The van der Waals surface area contributed by atoms with Gasteiger partial charge in [0.05, 0.1) is 23.0 Å². The quantitative estimate of drug-likeness (QED) is 0.753. The number of aromatic nitrogens is 3. The van der Waals surface area contributed by atoms with Crippen molar-refractivity contribution in [2.24, 2.45) is 13.0 Å². The van der Waals surface area contributed by atoms with Gasteiger partial charge in [0, 0.05) is 12.4 Å². The van der Waals surface area contributed by atoms with E-state index in [1.54, 1.807) is 4.68 Å². The van der Waals surface area contributed by atoms with E-state index in [1.165, 1.54) is 30.4 Å². The van der Waals surface area contributed by atoms with Crippen LogP contribution in [-0.2, 0) is 7.05 Å². The average Bonchev–Trinajstić information content (AvgIpc) is 3.20. The predicted octanol–water partition coefficient (Wildman–Crippen LogP) is 3.95. The number of rotatable bonds is 2. The number of carbonyl (C=O) groups is 1. The fourth-order valence-corrected chi connectivity index (χ4v) is 5.10. The molecule has 0 radical (unpaired) electrons. The molecule has 3 atom stereocenters. The zero-order valence-electron chi connectivity index (χ0n) is 16.0. The van der Waals surface area contributed by atoms with E-state index < -0.39 is 0 Å². The highest BCUT2D eigenvalue weighted by molar-refractivity contribution is 5.99. The van der Waals surface area contributed by atoms with Gasteiger partial charge in [0.15, 0.2) is 5.65 Å². The van der Waals surface area contributed by atoms with Crippen molar-refractivity contribution >= 4 is 16.9 Å². The van der Waals surface area contributed by atoms with Gasteiger partial charge in [-0.1, -0.05) is 24.3 Å². The number of nitrogens with one attached hydrogen (secondary N) is 1. The Bertz CT molecular complexity index is 1070. The summed E-state index contributed by atoms with van der Waals surface area (Å²) in [5.41, 5.74) is 5.84. The second kappa shape index (κ2) is 5.91. The Labute approximate surface area is 158 Å². The molecule has 5 rings (SSSR count). The standard InChI is InChI=1S/C22H24N4O/c1-12-19(11-18-13(2)25-26(3)21(18)23-12)22(27)24-20-15-9-8-14(10-15)16-6-4-5-7-17(16)20/h4-7,11,14-15,20H,8-10H2,1-3H3,(H,24,27). The molecular formula is C22H24N4O. The monoisotopic (exact) mass is 360 g/mol. The lowest BCUT2D eigenvalue weighted by atomic mass is 9.79. The number of nitrogens with zero attached hydrogens (tertiary/aromatic N) is 3. The molecule has 5 heteroatoms. The summed E-state index contributed by atoms with van der Waals surface area (Å²) in [6.45, 7) is 3.86. The Morgan fingerprint density at radius 1 is 1.15 bits per heavy atom. The van der Waals surface area contributed by atoms with Crippen molar-refractivity contribution in [3.8, 4) is 0 Å². The number of carbonyl (C=O) groups excluding carboxylic acids is 1. The van der Waals surface area contributed by atoms with E-state index in [0.717, 1.165) is 22.4 Å². The van der Waals surface area contributed by atoms with Crippen LogP contribution in [0.15, 0.2) is 30.3 Å². The Hall–Kier alpha value is -2.69. The van der Waals surface area contributed by atoms with Crippen LogP contribution in [0, 0.1) is 19.8 Å². The van der Waals surface area contributed by atoms with Crippen LogP contribution in [0.3, 0.4) is 0 Å². The van der Waals surface area contributed by atoms with Gasteiger partial charge in [-0.25, -0.2) is 4.98 Å². The molecular weight excluding hydrogens is 336 g/mol. The van der Waals surface area contributed by atoms with Crippen molar-refractivity contribution in [2.75, 3.05) is 0 Å². The van der Waals surface area contributed by atoms with Gasteiger partial charge in [0.25, 0.3) is 5.91 Å². The number of benzene rings is 1. The summed E-state index contributed by atoms with van der Waals surface area (Å²) in [7, 11) is 1.89. The topological polar surface area (TPSA) is 59.8 Å². The van der Waals surface area contributed by atoms with E-state index in [-0.39, 0.29) is 11.9 Å². The lowest BCUT2D eigenvalue weighted by Crippen LogP contribution is -2.35. The van der Waals surface area contributed by atoms with Crippen molar-refractivity contribution in [2.45, 2.75) is 45.1 Å². The van der Waals surface area contributed by atoms with E-state index in [2.05, 4.69) is 39.7 Å². The molecule has 0 saturated heterocycles. The van der Waals surface area contributed by atoms with Crippen LogP contribution in [0.5, 0.6) is 0 Å². The summed E-state index contributed by atoms with van der Waals surface area (Å²) in [5.74, 6) is 1.17. The third kappa shape index (κ3) is 2.48. The maximum absolute atomic E-state index is 13.2. The molecule has 2 aliphatic carbocycles. The second-order valence-corrected chi connectivity index (χ2v) is 8.05. The molecule has 138 valence electrons. The van der Waals surface area contributed by atoms with Crippen LogP contribution in [-0.4, -0.2) is 20.7 Å². The van der Waals surface area contributed by atoms with Gasteiger partial charge in [0.1, 0.15) is 0 Å². The molecule has 1 fully saturated rings. The van der Waals surface area contributed by atoms with Crippen LogP contribution in [0.25, 0.3) is 11.0 Å². The van der Waals surface area contributed by atoms with Crippen LogP contribution < -0.4 is 5.32 Å². The Morgan fingerprint density at radius 2 is 1.93 bits per heavy atom. The minimum Gasteiger partial charge on any atom is -0.345 e. The largest absolute Gasteiger partial charge is 0.345 e. The van der Waals surface area contributed by atoms with Gasteiger partial charge in [0.2, 0.25) is 0 Å². The first kappa shape index (κ1) is 16.5.